The van der Waals surface area contributed by atoms with E-state index in [1.807, 2.05) is 0 Å². The van der Waals surface area contributed by atoms with Crippen LogP contribution in [0.15, 0.2) is 18.2 Å². The Morgan fingerprint density at radius 2 is 2.14 bits per heavy atom. The van der Waals surface area contributed by atoms with Crippen molar-refractivity contribution in [1.82, 2.24) is 0 Å². The summed E-state index contributed by atoms with van der Waals surface area (Å²) >= 11 is 0. The molecule has 0 bridgehead atoms. The van der Waals surface area contributed by atoms with Crippen molar-refractivity contribution in [3.05, 3.63) is 33.9 Å². The summed E-state index contributed by atoms with van der Waals surface area (Å²) in [5, 5.41) is 17.7. The third-order valence-electron chi connectivity index (χ3n) is 1.84. The SMILES string of the molecule is CN(C)c1cc(C=N)ccc1[N+](=O)[O-]. The van der Waals surface area contributed by atoms with Crippen molar-refractivity contribution in [2.24, 2.45) is 0 Å². The van der Waals surface area contributed by atoms with Gasteiger partial charge in [0.05, 0.1) is 4.92 Å². The highest BCUT2D eigenvalue weighted by Gasteiger charge is 2.14. The molecule has 0 aliphatic rings. The molecule has 0 radical (unpaired) electrons. The molecular weight excluding hydrogens is 182 g/mol. The number of rotatable bonds is 3. The first kappa shape index (κ1) is 10.2. The van der Waals surface area contributed by atoms with Gasteiger partial charge in [0.15, 0.2) is 0 Å². The zero-order valence-corrected chi connectivity index (χ0v) is 8.02. The van der Waals surface area contributed by atoms with Crippen LogP contribution in [0.4, 0.5) is 11.4 Å². The monoisotopic (exact) mass is 193 g/mol. The number of anilines is 1. The van der Waals surface area contributed by atoms with Crippen LogP contribution >= 0.6 is 0 Å². The normalized spacial score (nSPS) is 9.57. The van der Waals surface area contributed by atoms with Crippen LogP contribution in [-0.2, 0) is 0 Å². The fourth-order valence-corrected chi connectivity index (χ4v) is 1.14. The van der Waals surface area contributed by atoms with Crippen molar-refractivity contribution in [3.8, 4) is 0 Å². The second-order valence-electron chi connectivity index (χ2n) is 3.04. The van der Waals surface area contributed by atoms with Gasteiger partial charge in [0.2, 0.25) is 0 Å². The van der Waals surface area contributed by atoms with E-state index < -0.39 is 4.92 Å². The van der Waals surface area contributed by atoms with Crippen LogP contribution in [-0.4, -0.2) is 25.2 Å². The topological polar surface area (TPSA) is 70.2 Å². The van der Waals surface area contributed by atoms with Crippen molar-refractivity contribution in [2.75, 3.05) is 19.0 Å². The summed E-state index contributed by atoms with van der Waals surface area (Å²) in [6.45, 7) is 0. The molecule has 0 aromatic heterocycles. The molecule has 0 aliphatic heterocycles. The number of nitro benzene ring substituents is 1. The van der Waals surface area contributed by atoms with Gasteiger partial charge in [0, 0.05) is 26.4 Å². The lowest BCUT2D eigenvalue weighted by Gasteiger charge is -2.12. The van der Waals surface area contributed by atoms with Crippen LogP contribution in [0.5, 0.6) is 0 Å². The maximum Gasteiger partial charge on any atom is 0.292 e. The molecule has 0 saturated heterocycles. The molecule has 0 atom stereocenters. The Morgan fingerprint density at radius 1 is 1.50 bits per heavy atom. The number of hydrogen-bond donors (Lipinski definition) is 1. The summed E-state index contributed by atoms with van der Waals surface area (Å²) in [7, 11) is 3.46. The number of nitrogens with one attached hydrogen (secondary N) is 1. The summed E-state index contributed by atoms with van der Waals surface area (Å²) in [6, 6.07) is 4.58. The zero-order valence-electron chi connectivity index (χ0n) is 8.02. The quantitative estimate of drug-likeness (QED) is 0.451. The van der Waals surface area contributed by atoms with Crippen LogP contribution in [0, 0.1) is 15.5 Å². The molecule has 74 valence electrons. The van der Waals surface area contributed by atoms with Crippen LogP contribution < -0.4 is 4.90 Å². The molecule has 1 N–H and O–H groups in total. The average Bonchev–Trinajstić information content (AvgIpc) is 2.16. The standard InChI is InChI=1S/C9H11N3O2/c1-11(2)9-5-7(6-10)3-4-8(9)12(13)14/h3-6,10H,1-2H3. The maximum absolute atomic E-state index is 10.6. The lowest BCUT2D eigenvalue weighted by atomic mass is 10.2. The molecule has 1 aromatic carbocycles. The van der Waals surface area contributed by atoms with E-state index in [4.69, 9.17) is 5.41 Å². The molecule has 0 amide bonds. The molecular formula is C9H11N3O2. The minimum Gasteiger partial charge on any atom is -0.372 e. The number of benzene rings is 1. The van der Waals surface area contributed by atoms with Gasteiger partial charge in [-0.05, 0) is 17.7 Å². The van der Waals surface area contributed by atoms with E-state index >= 15 is 0 Å². The largest absolute Gasteiger partial charge is 0.372 e. The van der Waals surface area contributed by atoms with Crippen LogP contribution in [0.2, 0.25) is 0 Å². The lowest BCUT2D eigenvalue weighted by Crippen LogP contribution is -2.11. The summed E-state index contributed by atoms with van der Waals surface area (Å²) in [5.41, 5.74) is 1.22. The summed E-state index contributed by atoms with van der Waals surface area (Å²) in [6.07, 6.45) is 1.16. The lowest BCUT2D eigenvalue weighted by molar-refractivity contribution is -0.384. The second-order valence-corrected chi connectivity index (χ2v) is 3.04. The molecule has 0 saturated carbocycles. The van der Waals surface area contributed by atoms with E-state index in [-0.39, 0.29) is 5.69 Å². The van der Waals surface area contributed by atoms with E-state index in [0.29, 0.717) is 11.3 Å². The van der Waals surface area contributed by atoms with E-state index in [1.54, 1.807) is 31.1 Å². The van der Waals surface area contributed by atoms with Crippen molar-refractivity contribution >= 4 is 17.6 Å². The number of nitro groups is 1. The van der Waals surface area contributed by atoms with Gasteiger partial charge in [-0.2, -0.15) is 0 Å². The van der Waals surface area contributed by atoms with Gasteiger partial charge in [-0.3, -0.25) is 10.1 Å². The van der Waals surface area contributed by atoms with Gasteiger partial charge in [0.25, 0.3) is 5.69 Å². The molecule has 0 aliphatic carbocycles. The molecule has 0 heterocycles. The minimum atomic E-state index is -0.428. The number of hydrogen-bond acceptors (Lipinski definition) is 4. The molecule has 14 heavy (non-hydrogen) atoms. The van der Waals surface area contributed by atoms with Crippen molar-refractivity contribution in [1.29, 1.82) is 5.41 Å². The van der Waals surface area contributed by atoms with E-state index in [0.717, 1.165) is 6.21 Å². The van der Waals surface area contributed by atoms with Crippen LogP contribution in [0.1, 0.15) is 5.56 Å². The zero-order chi connectivity index (χ0) is 10.7. The Hall–Kier alpha value is -1.91. The molecule has 5 nitrogen and oxygen atoms in total. The minimum absolute atomic E-state index is 0.0561. The first-order chi connectivity index (χ1) is 6.56. The molecule has 5 heteroatoms. The fraction of sp³-hybridized carbons (Fsp3) is 0.222. The fourth-order valence-electron chi connectivity index (χ4n) is 1.14. The Bertz CT molecular complexity index is 374. The van der Waals surface area contributed by atoms with E-state index in [2.05, 4.69) is 0 Å². The van der Waals surface area contributed by atoms with Gasteiger partial charge >= 0.3 is 0 Å². The van der Waals surface area contributed by atoms with Gasteiger partial charge in [-0.1, -0.05) is 0 Å². The maximum atomic E-state index is 10.6. The van der Waals surface area contributed by atoms with Gasteiger partial charge in [-0.25, -0.2) is 0 Å². The smallest absolute Gasteiger partial charge is 0.292 e. The van der Waals surface area contributed by atoms with Crippen molar-refractivity contribution in [2.45, 2.75) is 0 Å². The van der Waals surface area contributed by atoms with E-state index in [1.165, 1.54) is 6.07 Å². The van der Waals surface area contributed by atoms with Crippen LogP contribution in [0.25, 0.3) is 0 Å². The molecule has 0 unspecified atom stereocenters. The predicted molar refractivity (Wildman–Crippen MR) is 55.3 cm³/mol. The summed E-state index contributed by atoms with van der Waals surface area (Å²) in [5.74, 6) is 0. The van der Waals surface area contributed by atoms with Gasteiger partial charge in [-0.15, -0.1) is 0 Å². The Labute approximate surface area is 81.6 Å². The molecule has 0 spiro atoms. The predicted octanol–water partition coefficient (Wildman–Crippen LogP) is 1.66. The van der Waals surface area contributed by atoms with Crippen molar-refractivity contribution < 1.29 is 4.92 Å². The second kappa shape index (κ2) is 3.87. The summed E-state index contributed by atoms with van der Waals surface area (Å²) < 4.78 is 0. The highest BCUT2D eigenvalue weighted by molar-refractivity contribution is 5.81. The molecule has 1 aromatic rings. The third kappa shape index (κ3) is 1.87. The van der Waals surface area contributed by atoms with Gasteiger partial charge in [0.1, 0.15) is 5.69 Å². The Morgan fingerprint density at radius 3 is 2.57 bits per heavy atom. The molecule has 0 fully saturated rings. The Balaban J connectivity index is 3.30. The first-order valence-electron chi connectivity index (χ1n) is 4.02. The van der Waals surface area contributed by atoms with Crippen molar-refractivity contribution in [3.63, 3.8) is 0 Å². The summed E-state index contributed by atoms with van der Waals surface area (Å²) in [4.78, 5) is 11.9. The number of nitrogens with zero attached hydrogens (tertiary/aromatic N) is 2. The van der Waals surface area contributed by atoms with E-state index in [9.17, 15) is 10.1 Å². The average molecular weight is 193 g/mol. The third-order valence-corrected chi connectivity index (χ3v) is 1.84. The van der Waals surface area contributed by atoms with Crippen LogP contribution in [0.3, 0.4) is 0 Å². The molecule has 1 rings (SSSR count). The highest BCUT2D eigenvalue weighted by atomic mass is 16.6. The van der Waals surface area contributed by atoms with Gasteiger partial charge < -0.3 is 10.3 Å². The first-order valence-corrected chi connectivity index (χ1v) is 4.02. The highest BCUT2D eigenvalue weighted by Crippen LogP contribution is 2.26. The Kier molecular flexibility index (Phi) is 2.81.